The minimum absolute atomic E-state index is 0.0604. The second-order valence-electron chi connectivity index (χ2n) is 6.17. The van der Waals surface area contributed by atoms with Crippen LogP contribution in [-0.4, -0.2) is 60.0 Å². The van der Waals surface area contributed by atoms with Crippen LogP contribution in [0.5, 0.6) is 0 Å². The number of nitrogens with one attached hydrogen (secondary N) is 2. The molecule has 0 unspecified atom stereocenters. The van der Waals surface area contributed by atoms with Gasteiger partial charge in [-0.25, -0.2) is 4.79 Å². The molecule has 0 radical (unpaired) electrons. The third-order valence-corrected chi connectivity index (χ3v) is 5.65. The quantitative estimate of drug-likeness (QED) is 0.850. The number of hydrogen-bond acceptors (Lipinski definition) is 4. The Morgan fingerprint density at radius 1 is 1.43 bits per heavy atom. The summed E-state index contributed by atoms with van der Waals surface area (Å²) in [7, 11) is 0. The highest BCUT2D eigenvalue weighted by atomic mass is 32.1. The van der Waals surface area contributed by atoms with Crippen LogP contribution >= 0.6 is 11.3 Å². The molecule has 1 atom stereocenters. The van der Waals surface area contributed by atoms with Gasteiger partial charge in [0.2, 0.25) is 5.91 Å². The number of hydrogen-bond donors (Lipinski definition) is 2. The predicted molar refractivity (Wildman–Crippen MR) is 90.3 cm³/mol. The summed E-state index contributed by atoms with van der Waals surface area (Å²) in [5.41, 5.74) is 0. The third-order valence-electron chi connectivity index (χ3n) is 4.77. The first-order chi connectivity index (χ1) is 11.1. The van der Waals surface area contributed by atoms with Crippen molar-refractivity contribution in [2.45, 2.75) is 38.4 Å². The van der Waals surface area contributed by atoms with Crippen molar-refractivity contribution in [1.29, 1.82) is 0 Å². The molecule has 0 saturated carbocycles. The lowest BCUT2D eigenvalue weighted by atomic mass is 10.0. The maximum Gasteiger partial charge on any atom is 0.317 e. The first-order valence-electron chi connectivity index (χ1n) is 8.24. The molecule has 0 aromatic carbocycles. The van der Waals surface area contributed by atoms with Crippen LogP contribution in [0.1, 0.15) is 24.6 Å². The van der Waals surface area contributed by atoms with E-state index in [0.29, 0.717) is 12.6 Å². The zero-order valence-electron chi connectivity index (χ0n) is 13.5. The maximum absolute atomic E-state index is 12.3. The van der Waals surface area contributed by atoms with Crippen molar-refractivity contribution in [1.82, 2.24) is 20.4 Å². The fraction of sp³-hybridized carbons (Fsp3) is 0.625. The summed E-state index contributed by atoms with van der Waals surface area (Å²) >= 11 is 1.66. The summed E-state index contributed by atoms with van der Waals surface area (Å²) in [5, 5.41) is 7.89. The summed E-state index contributed by atoms with van der Waals surface area (Å²) < 4.78 is 0. The molecule has 2 aliphatic rings. The molecule has 2 aliphatic heterocycles. The first-order valence-corrected chi connectivity index (χ1v) is 9.11. The Morgan fingerprint density at radius 2 is 2.22 bits per heavy atom. The molecular weight excluding hydrogens is 312 g/mol. The van der Waals surface area contributed by atoms with Gasteiger partial charge in [-0.05, 0) is 31.2 Å². The predicted octanol–water partition coefficient (Wildman–Crippen LogP) is 1.24. The highest BCUT2D eigenvalue weighted by Crippen LogP contribution is 2.20. The number of nitrogens with zero attached hydrogens (tertiary/aromatic N) is 2. The molecule has 3 rings (SSSR count). The third kappa shape index (κ3) is 3.84. The summed E-state index contributed by atoms with van der Waals surface area (Å²) in [6, 6.07) is 4.28. The van der Waals surface area contributed by atoms with Crippen LogP contribution in [0.4, 0.5) is 4.79 Å². The van der Waals surface area contributed by atoms with E-state index in [1.807, 2.05) is 29.3 Å². The van der Waals surface area contributed by atoms with Gasteiger partial charge in [0.25, 0.3) is 0 Å². The highest BCUT2D eigenvalue weighted by Gasteiger charge is 2.33. The molecule has 126 valence electrons. The van der Waals surface area contributed by atoms with E-state index in [-0.39, 0.29) is 18.0 Å². The van der Waals surface area contributed by atoms with E-state index in [0.717, 1.165) is 39.0 Å². The van der Waals surface area contributed by atoms with Gasteiger partial charge in [0.05, 0.1) is 12.6 Å². The van der Waals surface area contributed by atoms with Gasteiger partial charge in [-0.3, -0.25) is 9.69 Å². The van der Waals surface area contributed by atoms with E-state index in [1.165, 1.54) is 4.88 Å². The van der Waals surface area contributed by atoms with Crippen molar-refractivity contribution in [2.75, 3.05) is 26.2 Å². The molecule has 1 aromatic rings. The zero-order valence-corrected chi connectivity index (χ0v) is 14.3. The lowest BCUT2D eigenvalue weighted by molar-refractivity contribution is -0.126. The van der Waals surface area contributed by atoms with Crippen molar-refractivity contribution in [3.8, 4) is 0 Å². The van der Waals surface area contributed by atoms with E-state index in [2.05, 4.69) is 15.5 Å². The van der Waals surface area contributed by atoms with Crippen LogP contribution in [-0.2, 0) is 11.3 Å². The minimum atomic E-state index is -0.122. The number of carbonyl (C=O) groups is 2. The van der Waals surface area contributed by atoms with E-state index in [4.69, 9.17) is 0 Å². The largest absolute Gasteiger partial charge is 0.350 e. The first kappa shape index (κ1) is 16.3. The van der Waals surface area contributed by atoms with Crippen LogP contribution < -0.4 is 10.6 Å². The second-order valence-corrected chi connectivity index (χ2v) is 7.20. The Morgan fingerprint density at radius 3 is 2.83 bits per heavy atom. The topological polar surface area (TPSA) is 64.7 Å². The fourth-order valence-electron chi connectivity index (χ4n) is 3.32. The molecule has 0 spiro atoms. The number of thiophene rings is 1. The van der Waals surface area contributed by atoms with Crippen molar-refractivity contribution >= 4 is 23.3 Å². The molecular formula is C16H24N4O2S. The smallest absolute Gasteiger partial charge is 0.317 e. The molecule has 6 nitrogen and oxygen atoms in total. The lowest BCUT2D eigenvalue weighted by Gasteiger charge is -2.38. The number of rotatable bonds is 5. The average molecular weight is 336 g/mol. The van der Waals surface area contributed by atoms with E-state index < -0.39 is 0 Å². The standard InChI is InChI=1S/C16H24N4O2S/c1-12(15(21)18-11-14-3-2-10-23-14)19-7-4-13(5-8-19)20-9-6-17-16(20)22/h2-3,10,12-13H,4-9,11H2,1H3,(H,17,22)(H,18,21)/t12-/m1/s1. The normalized spacial score (nSPS) is 21.3. The SMILES string of the molecule is C[C@H](C(=O)NCc1cccs1)N1CCC(N2CCNC2=O)CC1. The molecule has 3 amide bonds. The fourth-order valence-corrected chi connectivity index (χ4v) is 3.97. The summed E-state index contributed by atoms with van der Waals surface area (Å²) in [5.74, 6) is 0.0794. The van der Waals surface area contributed by atoms with Gasteiger partial charge < -0.3 is 15.5 Å². The molecule has 2 fully saturated rings. The molecule has 0 bridgehead atoms. The highest BCUT2D eigenvalue weighted by molar-refractivity contribution is 7.09. The Balaban J connectivity index is 1.44. The Labute approximate surface area is 140 Å². The maximum atomic E-state index is 12.3. The number of likely N-dealkylation sites (tertiary alicyclic amines) is 1. The van der Waals surface area contributed by atoms with Gasteiger partial charge in [0.1, 0.15) is 0 Å². The summed E-state index contributed by atoms with van der Waals surface area (Å²) in [6.07, 6.45) is 1.88. The van der Waals surface area contributed by atoms with Gasteiger partial charge in [-0.1, -0.05) is 6.07 Å². The Kier molecular flexibility index (Phi) is 5.17. The van der Waals surface area contributed by atoms with Crippen LogP contribution in [0.25, 0.3) is 0 Å². The van der Waals surface area contributed by atoms with Gasteiger partial charge >= 0.3 is 6.03 Å². The minimum Gasteiger partial charge on any atom is -0.350 e. The molecule has 23 heavy (non-hydrogen) atoms. The number of urea groups is 1. The lowest BCUT2D eigenvalue weighted by Crippen LogP contribution is -2.52. The molecule has 2 saturated heterocycles. The number of carbonyl (C=O) groups excluding carboxylic acids is 2. The van der Waals surface area contributed by atoms with E-state index in [9.17, 15) is 9.59 Å². The number of amides is 3. The summed E-state index contributed by atoms with van der Waals surface area (Å²) in [4.78, 5) is 29.4. The van der Waals surface area contributed by atoms with Crippen molar-refractivity contribution in [3.05, 3.63) is 22.4 Å². The average Bonchev–Trinajstić information content (AvgIpc) is 3.23. The van der Waals surface area contributed by atoms with Crippen LogP contribution in [0, 0.1) is 0 Å². The van der Waals surface area contributed by atoms with Gasteiger partial charge in [0.15, 0.2) is 0 Å². The Hall–Kier alpha value is -1.60. The summed E-state index contributed by atoms with van der Waals surface area (Å²) in [6.45, 7) is 5.85. The van der Waals surface area contributed by atoms with Gasteiger partial charge in [-0.2, -0.15) is 0 Å². The van der Waals surface area contributed by atoms with E-state index >= 15 is 0 Å². The molecule has 3 heterocycles. The van der Waals surface area contributed by atoms with Crippen molar-refractivity contribution in [2.24, 2.45) is 0 Å². The van der Waals surface area contributed by atoms with Crippen LogP contribution in [0.3, 0.4) is 0 Å². The van der Waals surface area contributed by atoms with Crippen LogP contribution in [0.2, 0.25) is 0 Å². The molecule has 7 heteroatoms. The number of piperidine rings is 1. The monoisotopic (exact) mass is 336 g/mol. The Bertz CT molecular complexity index is 540. The molecule has 2 N–H and O–H groups in total. The van der Waals surface area contributed by atoms with Crippen molar-refractivity contribution in [3.63, 3.8) is 0 Å². The van der Waals surface area contributed by atoms with Crippen molar-refractivity contribution < 1.29 is 9.59 Å². The van der Waals surface area contributed by atoms with Gasteiger partial charge in [0, 0.05) is 37.1 Å². The zero-order chi connectivity index (χ0) is 16.2. The second kappa shape index (κ2) is 7.31. The molecule has 0 aliphatic carbocycles. The molecule has 1 aromatic heterocycles. The van der Waals surface area contributed by atoms with Gasteiger partial charge in [-0.15, -0.1) is 11.3 Å². The van der Waals surface area contributed by atoms with Crippen LogP contribution in [0.15, 0.2) is 17.5 Å². The van der Waals surface area contributed by atoms with E-state index in [1.54, 1.807) is 11.3 Å².